The van der Waals surface area contributed by atoms with E-state index in [0.29, 0.717) is 0 Å². The van der Waals surface area contributed by atoms with E-state index >= 15 is 0 Å². The number of nitrogens with zero attached hydrogens (tertiary/aromatic N) is 3. The van der Waals surface area contributed by atoms with E-state index in [2.05, 4.69) is 26.3 Å². The van der Waals surface area contributed by atoms with Crippen LogP contribution in [-0.2, 0) is 13.1 Å². The molecule has 1 aliphatic heterocycles. The number of hydrogen-bond donors (Lipinski definition) is 1. The van der Waals surface area contributed by atoms with Crippen LogP contribution in [0, 0.1) is 5.82 Å². The highest BCUT2D eigenvalue weighted by Gasteiger charge is 2.16. The van der Waals surface area contributed by atoms with Gasteiger partial charge in [-0.1, -0.05) is 6.07 Å². The van der Waals surface area contributed by atoms with Gasteiger partial charge in [0.2, 0.25) is 0 Å². The molecule has 1 aliphatic rings. The molecule has 3 heterocycles. The molecule has 0 saturated carbocycles. The Labute approximate surface area is 157 Å². The first-order valence-corrected chi connectivity index (χ1v) is 8.91. The van der Waals surface area contributed by atoms with Gasteiger partial charge in [0.15, 0.2) is 11.6 Å². The number of anilines is 1. The van der Waals surface area contributed by atoms with Gasteiger partial charge in [-0.2, -0.15) is 0 Å². The molecule has 3 aromatic rings. The number of pyridine rings is 2. The molecule has 1 aromatic carbocycles. The summed E-state index contributed by atoms with van der Waals surface area (Å²) >= 11 is 0. The van der Waals surface area contributed by atoms with Crippen LogP contribution in [0.5, 0.6) is 5.75 Å². The Morgan fingerprint density at radius 2 is 2.15 bits per heavy atom. The molecule has 0 aliphatic carbocycles. The number of ether oxygens (including phenoxy) is 1. The van der Waals surface area contributed by atoms with Gasteiger partial charge in [0.1, 0.15) is 0 Å². The average Bonchev–Trinajstić information content (AvgIpc) is 2.89. The predicted octanol–water partition coefficient (Wildman–Crippen LogP) is 3.72. The molecule has 0 spiro atoms. The van der Waals surface area contributed by atoms with Gasteiger partial charge in [-0.15, -0.1) is 0 Å². The molecule has 2 aromatic heterocycles. The van der Waals surface area contributed by atoms with E-state index in [-0.39, 0.29) is 11.6 Å². The normalized spacial score (nSPS) is 14.1. The van der Waals surface area contributed by atoms with E-state index in [1.165, 1.54) is 18.7 Å². The Morgan fingerprint density at radius 1 is 1.22 bits per heavy atom. The number of nitrogens with one attached hydrogen (secondary N) is 1. The van der Waals surface area contributed by atoms with Crippen LogP contribution in [-0.4, -0.2) is 35.1 Å². The quantitative estimate of drug-likeness (QED) is 0.765. The van der Waals surface area contributed by atoms with Crippen molar-refractivity contribution in [2.24, 2.45) is 0 Å². The van der Waals surface area contributed by atoms with Crippen molar-refractivity contribution in [2.75, 3.05) is 25.5 Å². The van der Waals surface area contributed by atoms with Crippen LogP contribution in [0.15, 0.2) is 55.0 Å². The summed E-state index contributed by atoms with van der Waals surface area (Å²) in [6, 6.07) is 10.9. The van der Waals surface area contributed by atoms with E-state index in [9.17, 15) is 4.39 Å². The summed E-state index contributed by atoms with van der Waals surface area (Å²) in [5.74, 6) is -0.153. The van der Waals surface area contributed by atoms with E-state index in [1.807, 2.05) is 30.6 Å². The lowest BCUT2D eigenvalue weighted by molar-refractivity contribution is 0.271. The summed E-state index contributed by atoms with van der Waals surface area (Å²) in [6.07, 6.45) is 5.57. The minimum Gasteiger partial charge on any atom is -0.494 e. The van der Waals surface area contributed by atoms with Crippen molar-refractivity contribution in [3.63, 3.8) is 0 Å². The molecule has 5 nitrogen and oxygen atoms in total. The zero-order chi connectivity index (χ0) is 18.6. The van der Waals surface area contributed by atoms with Crippen LogP contribution in [0.2, 0.25) is 0 Å². The second-order valence-corrected chi connectivity index (χ2v) is 6.57. The molecule has 4 rings (SSSR count). The minimum atomic E-state index is -0.387. The fourth-order valence-corrected chi connectivity index (χ4v) is 3.31. The maximum atomic E-state index is 14.0. The molecule has 0 fully saturated rings. The van der Waals surface area contributed by atoms with E-state index in [0.717, 1.165) is 48.7 Å². The van der Waals surface area contributed by atoms with Crippen LogP contribution in [0.4, 0.5) is 10.1 Å². The molecular formula is C21H21FN4O. The third-order valence-electron chi connectivity index (χ3n) is 4.70. The molecule has 0 unspecified atom stereocenters. The van der Waals surface area contributed by atoms with Crippen molar-refractivity contribution < 1.29 is 9.13 Å². The lowest BCUT2D eigenvalue weighted by Crippen LogP contribution is -2.25. The Bertz CT molecular complexity index is 933. The number of rotatable bonds is 4. The number of methoxy groups -OCH3 is 1. The largest absolute Gasteiger partial charge is 0.494 e. The van der Waals surface area contributed by atoms with Crippen molar-refractivity contribution >= 4 is 5.69 Å². The number of hydrogen-bond acceptors (Lipinski definition) is 5. The molecular weight excluding hydrogens is 343 g/mol. The highest BCUT2D eigenvalue weighted by molar-refractivity contribution is 5.67. The molecule has 0 amide bonds. The molecule has 138 valence electrons. The summed E-state index contributed by atoms with van der Waals surface area (Å²) in [5.41, 5.74) is 4.84. The molecule has 27 heavy (non-hydrogen) atoms. The van der Waals surface area contributed by atoms with Crippen LogP contribution in [0.1, 0.15) is 11.1 Å². The van der Waals surface area contributed by atoms with E-state index in [4.69, 9.17) is 4.74 Å². The van der Waals surface area contributed by atoms with Crippen LogP contribution >= 0.6 is 0 Å². The highest BCUT2D eigenvalue weighted by atomic mass is 19.1. The second kappa shape index (κ2) is 7.72. The van der Waals surface area contributed by atoms with Crippen molar-refractivity contribution in [3.05, 3.63) is 71.9 Å². The molecule has 0 bridgehead atoms. The first kappa shape index (κ1) is 17.4. The Morgan fingerprint density at radius 3 is 2.93 bits per heavy atom. The maximum Gasteiger partial charge on any atom is 0.165 e. The number of benzene rings is 1. The molecule has 1 N–H and O–H groups in total. The smallest absolute Gasteiger partial charge is 0.165 e. The zero-order valence-electron chi connectivity index (χ0n) is 15.2. The second-order valence-electron chi connectivity index (χ2n) is 6.57. The maximum absolute atomic E-state index is 14.0. The molecule has 0 atom stereocenters. The van der Waals surface area contributed by atoms with Gasteiger partial charge >= 0.3 is 0 Å². The first-order valence-electron chi connectivity index (χ1n) is 8.91. The van der Waals surface area contributed by atoms with Crippen LogP contribution < -0.4 is 10.1 Å². The fourth-order valence-electron chi connectivity index (χ4n) is 3.31. The van der Waals surface area contributed by atoms with Crippen LogP contribution in [0.25, 0.3) is 11.3 Å². The van der Waals surface area contributed by atoms with Crippen molar-refractivity contribution in [1.82, 2.24) is 14.9 Å². The van der Waals surface area contributed by atoms with Gasteiger partial charge in [0.05, 0.1) is 12.8 Å². The lowest BCUT2D eigenvalue weighted by Gasteiger charge is -2.19. The van der Waals surface area contributed by atoms with E-state index in [1.54, 1.807) is 12.3 Å². The standard InChI is InChI=1S/C21H21FN4O/c1-27-21-5-4-16(9-18(21)22)19-10-20-17(12-25-19)14-26(8-7-24-20)13-15-3-2-6-23-11-15/h2-6,9-12,24H,7-8,13-14H2,1H3. The minimum absolute atomic E-state index is 0.234. The topological polar surface area (TPSA) is 50.3 Å². The van der Waals surface area contributed by atoms with Crippen molar-refractivity contribution in [3.8, 4) is 17.0 Å². The number of fused-ring (bicyclic) bond motifs is 1. The Kier molecular flexibility index (Phi) is 4.98. The summed E-state index contributed by atoms with van der Waals surface area (Å²) in [6.45, 7) is 3.42. The van der Waals surface area contributed by atoms with Gasteiger partial charge in [-0.3, -0.25) is 14.9 Å². The first-order chi connectivity index (χ1) is 13.2. The number of halogens is 1. The Balaban J connectivity index is 1.56. The van der Waals surface area contributed by atoms with Gasteiger partial charge in [0, 0.05) is 61.6 Å². The molecule has 0 saturated heterocycles. The van der Waals surface area contributed by atoms with Gasteiger partial charge in [-0.25, -0.2) is 4.39 Å². The van der Waals surface area contributed by atoms with Crippen LogP contribution in [0.3, 0.4) is 0 Å². The lowest BCUT2D eigenvalue weighted by atomic mass is 10.1. The SMILES string of the molecule is COc1ccc(-c2cc3c(cn2)CN(Cc2cccnc2)CCN3)cc1F. The zero-order valence-corrected chi connectivity index (χ0v) is 15.2. The summed E-state index contributed by atoms with van der Waals surface area (Å²) < 4.78 is 19.0. The summed E-state index contributed by atoms with van der Waals surface area (Å²) in [5, 5.41) is 3.47. The third kappa shape index (κ3) is 3.90. The van der Waals surface area contributed by atoms with Gasteiger partial charge in [-0.05, 0) is 35.9 Å². The monoisotopic (exact) mass is 364 g/mol. The molecule has 6 heteroatoms. The van der Waals surface area contributed by atoms with E-state index < -0.39 is 0 Å². The van der Waals surface area contributed by atoms with Gasteiger partial charge in [0.25, 0.3) is 0 Å². The average molecular weight is 364 g/mol. The Hall–Kier alpha value is -2.99. The molecule has 0 radical (unpaired) electrons. The summed E-state index contributed by atoms with van der Waals surface area (Å²) in [4.78, 5) is 11.1. The third-order valence-corrected chi connectivity index (χ3v) is 4.70. The van der Waals surface area contributed by atoms with Gasteiger partial charge < -0.3 is 10.1 Å². The highest BCUT2D eigenvalue weighted by Crippen LogP contribution is 2.28. The predicted molar refractivity (Wildman–Crippen MR) is 103 cm³/mol. The fraction of sp³-hybridized carbons (Fsp3) is 0.238. The summed E-state index contributed by atoms with van der Waals surface area (Å²) in [7, 11) is 1.46. The number of aromatic nitrogens is 2. The van der Waals surface area contributed by atoms with Crippen molar-refractivity contribution in [2.45, 2.75) is 13.1 Å². The van der Waals surface area contributed by atoms with Crippen molar-refractivity contribution in [1.29, 1.82) is 0 Å².